The van der Waals surface area contributed by atoms with Crippen molar-refractivity contribution in [2.24, 2.45) is 0 Å². The zero-order chi connectivity index (χ0) is 19.9. The summed E-state index contributed by atoms with van der Waals surface area (Å²) < 4.78 is 10.5. The quantitative estimate of drug-likeness (QED) is 0.653. The molecule has 2 aromatic carbocycles. The van der Waals surface area contributed by atoms with E-state index in [1.165, 1.54) is 25.1 Å². The standard InChI is InChI=1S/C21H22N4O3/c1-14-6-4-5-7-15(14)11-22-21-23-12-16(13-24-21)20(26)25-18-10-17(27-2)8-9-19(18)28-3/h4-10,12-13H,11H2,1-3H3,(H,25,26)(H,22,23,24). The first-order chi connectivity index (χ1) is 13.6. The molecule has 0 aliphatic heterocycles. The molecular weight excluding hydrogens is 356 g/mol. The van der Waals surface area contributed by atoms with Gasteiger partial charge in [0.05, 0.1) is 25.5 Å². The lowest BCUT2D eigenvalue weighted by Crippen LogP contribution is -2.14. The van der Waals surface area contributed by atoms with Crippen LogP contribution in [0.4, 0.5) is 11.6 Å². The molecule has 1 heterocycles. The average molecular weight is 378 g/mol. The summed E-state index contributed by atoms with van der Waals surface area (Å²) in [6.07, 6.45) is 2.96. The minimum absolute atomic E-state index is 0.336. The molecule has 2 N–H and O–H groups in total. The summed E-state index contributed by atoms with van der Waals surface area (Å²) in [4.78, 5) is 21.0. The van der Waals surface area contributed by atoms with Crippen LogP contribution in [0.2, 0.25) is 0 Å². The van der Waals surface area contributed by atoms with E-state index >= 15 is 0 Å². The first-order valence-electron chi connectivity index (χ1n) is 8.74. The van der Waals surface area contributed by atoms with Crippen LogP contribution in [-0.2, 0) is 6.54 Å². The van der Waals surface area contributed by atoms with E-state index in [9.17, 15) is 4.79 Å². The van der Waals surface area contributed by atoms with E-state index in [4.69, 9.17) is 9.47 Å². The predicted molar refractivity (Wildman–Crippen MR) is 108 cm³/mol. The molecule has 144 valence electrons. The molecular formula is C21H22N4O3. The summed E-state index contributed by atoms with van der Waals surface area (Å²) in [7, 11) is 3.10. The number of amides is 1. The minimum Gasteiger partial charge on any atom is -0.497 e. The molecule has 0 radical (unpaired) electrons. The molecule has 3 aromatic rings. The molecule has 0 unspecified atom stereocenters. The molecule has 0 saturated heterocycles. The third kappa shape index (κ3) is 4.56. The number of hydrogen-bond acceptors (Lipinski definition) is 6. The third-order valence-electron chi connectivity index (χ3n) is 4.27. The normalized spacial score (nSPS) is 10.2. The molecule has 7 nitrogen and oxygen atoms in total. The van der Waals surface area contributed by atoms with Crippen LogP contribution < -0.4 is 20.1 Å². The third-order valence-corrected chi connectivity index (χ3v) is 4.27. The largest absolute Gasteiger partial charge is 0.497 e. The average Bonchev–Trinajstić information content (AvgIpc) is 2.73. The maximum absolute atomic E-state index is 12.5. The van der Waals surface area contributed by atoms with Crippen LogP contribution >= 0.6 is 0 Å². The number of ether oxygens (including phenoxy) is 2. The highest BCUT2D eigenvalue weighted by Crippen LogP contribution is 2.29. The number of hydrogen-bond donors (Lipinski definition) is 2. The second kappa shape index (κ2) is 8.85. The summed E-state index contributed by atoms with van der Waals surface area (Å²) in [5.74, 6) is 1.27. The van der Waals surface area contributed by atoms with Crippen LogP contribution in [0.5, 0.6) is 11.5 Å². The second-order valence-electron chi connectivity index (χ2n) is 6.10. The Bertz CT molecular complexity index is 958. The summed E-state index contributed by atoms with van der Waals surface area (Å²) >= 11 is 0. The highest BCUT2D eigenvalue weighted by Gasteiger charge is 2.12. The summed E-state index contributed by atoms with van der Waals surface area (Å²) in [6.45, 7) is 2.66. The first kappa shape index (κ1) is 19.2. The molecule has 0 aliphatic rings. The van der Waals surface area contributed by atoms with Gasteiger partial charge < -0.3 is 20.1 Å². The molecule has 1 amide bonds. The van der Waals surface area contributed by atoms with Gasteiger partial charge >= 0.3 is 0 Å². The van der Waals surface area contributed by atoms with Gasteiger partial charge in [0.25, 0.3) is 5.91 Å². The SMILES string of the molecule is COc1ccc(OC)c(NC(=O)c2cnc(NCc3ccccc3C)nc2)c1. The number of nitrogens with one attached hydrogen (secondary N) is 2. The lowest BCUT2D eigenvalue weighted by molar-refractivity contribution is 0.102. The second-order valence-corrected chi connectivity index (χ2v) is 6.10. The molecule has 0 bridgehead atoms. The van der Waals surface area contributed by atoms with Crippen LogP contribution in [0.3, 0.4) is 0 Å². The number of benzene rings is 2. The van der Waals surface area contributed by atoms with Crippen LogP contribution in [0, 0.1) is 6.92 Å². The van der Waals surface area contributed by atoms with Gasteiger partial charge in [0.2, 0.25) is 5.95 Å². The Morgan fingerprint density at radius 3 is 2.46 bits per heavy atom. The van der Waals surface area contributed by atoms with Crippen molar-refractivity contribution >= 4 is 17.5 Å². The number of anilines is 2. The maximum Gasteiger partial charge on any atom is 0.258 e. The number of carbonyl (C=O) groups is 1. The number of carbonyl (C=O) groups excluding carboxylic acids is 1. The molecule has 0 aliphatic carbocycles. The molecule has 3 rings (SSSR count). The Morgan fingerprint density at radius 2 is 1.79 bits per heavy atom. The van der Waals surface area contributed by atoms with Gasteiger partial charge in [-0.1, -0.05) is 24.3 Å². The number of methoxy groups -OCH3 is 2. The van der Waals surface area contributed by atoms with Gasteiger partial charge in [0.1, 0.15) is 11.5 Å². The van der Waals surface area contributed by atoms with Crippen molar-refractivity contribution in [1.29, 1.82) is 0 Å². The molecule has 7 heteroatoms. The van der Waals surface area contributed by atoms with E-state index in [-0.39, 0.29) is 5.91 Å². The Hall–Kier alpha value is -3.61. The van der Waals surface area contributed by atoms with Crippen molar-refractivity contribution < 1.29 is 14.3 Å². The number of aromatic nitrogens is 2. The van der Waals surface area contributed by atoms with E-state index < -0.39 is 0 Å². The van der Waals surface area contributed by atoms with Gasteiger partial charge in [0.15, 0.2) is 0 Å². The smallest absolute Gasteiger partial charge is 0.258 e. The van der Waals surface area contributed by atoms with E-state index in [1.54, 1.807) is 25.3 Å². The number of nitrogens with zero attached hydrogens (tertiary/aromatic N) is 2. The van der Waals surface area contributed by atoms with Crippen LogP contribution in [0.1, 0.15) is 21.5 Å². The van der Waals surface area contributed by atoms with Crippen molar-refractivity contribution in [3.05, 3.63) is 71.5 Å². The van der Waals surface area contributed by atoms with E-state index in [0.717, 1.165) is 5.56 Å². The van der Waals surface area contributed by atoms with Crippen LogP contribution in [0.15, 0.2) is 54.9 Å². The monoisotopic (exact) mass is 378 g/mol. The Labute approximate surface area is 163 Å². The fraction of sp³-hybridized carbons (Fsp3) is 0.190. The van der Waals surface area contributed by atoms with E-state index in [1.807, 2.05) is 18.2 Å². The number of rotatable bonds is 7. The van der Waals surface area contributed by atoms with Crippen molar-refractivity contribution in [3.8, 4) is 11.5 Å². The van der Waals surface area contributed by atoms with E-state index in [2.05, 4.69) is 33.6 Å². The predicted octanol–water partition coefficient (Wildman–Crippen LogP) is 3.67. The van der Waals surface area contributed by atoms with Gasteiger partial charge in [-0.25, -0.2) is 9.97 Å². The van der Waals surface area contributed by atoms with Crippen molar-refractivity contribution in [3.63, 3.8) is 0 Å². The van der Waals surface area contributed by atoms with Gasteiger partial charge in [-0.2, -0.15) is 0 Å². The fourth-order valence-corrected chi connectivity index (χ4v) is 2.63. The van der Waals surface area contributed by atoms with Crippen molar-refractivity contribution in [1.82, 2.24) is 9.97 Å². The summed E-state index contributed by atoms with van der Waals surface area (Å²) in [5, 5.41) is 5.95. The maximum atomic E-state index is 12.5. The molecule has 0 spiro atoms. The van der Waals surface area contributed by atoms with Gasteiger partial charge in [-0.3, -0.25) is 4.79 Å². The zero-order valence-corrected chi connectivity index (χ0v) is 16.0. The van der Waals surface area contributed by atoms with Crippen LogP contribution in [0.25, 0.3) is 0 Å². The van der Waals surface area contributed by atoms with Gasteiger partial charge in [-0.15, -0.1) is 0 Å². The Kier molecular flexibility index (Phi) is 6.06. The van der Waals surface area contributed by atoms with Crippen LogP contribution in [-0.4, -0.2) is 30.1 Å². The Balaban J connectivity index is 1.66. The zero-order valence-electron chi connectivity index (χ0n) is 16.0. The highest BCUT2D eigenvalue weighted by molar-refractivity contribution is 6.04. The summed E-state index contributed by atoms with van der Waals surface area (Å²) in [6, 6.07) is 13.3. The molecule has 1 aromatic heterocycles. The lowest BCUT2D eigenvalue weighted by atomic mass is 10.1. The topological polar surface area (TPSA) is 85.4 Å². The molecule has 0 fully saturated rings. The molecule has 0 atom stereocenters. The van der Waals surface area contributed by atoms with Crippen molar-refractivity contribution in [2.75, 3.05) is 24.9 Å². The number of aryl methyl sites for hydroxylation is 1. The molecule has 0 saturated carbocycles. The molecule has 28 heavy (non-hydrogen) atoms. The minimum atomic E-state index is -0.336. The Morgan fingerprint density at radius 1 is 1.04 bits per heavy atom. The van der Waals surface area contributed by atoms with E-state index in [0.29, 0.717) is 35.2 Å². The lowest BCUT2D eigenvalue weighted by Gasteiger charge is -2.12. The fourth-order valence-electron chi connectivity index (χ4n) is 2.63. The highest BCUT2D eigenvalue weighted by atomic mass is 16.5. The first-order valence-corrected chi connectivity index (χ1v) is 8.74. The van der Waals surface area contributed by atoms with Gasteiger partial charge in [0, 0.05) is 25.0 Å². The van der Waals surface area contributed by atoms with Crippen molar-refractivity contribution in [2.45, 2.75) is 13.5 Å². The summed E-state index contributed by atoms with van der Waals surface area (Å²) in [5.41, 5.74) is 3.20. The van der Waals surface area contributed by atoms with Gasteiger partial charge in [-0.05, 0) is 30.2 Å².